The fourth-order valence-electron chi connectivity index (χ4n) is 0.592. The van der Waals surface area contributed by atoms with Crippen LogP contribution in [-0.4, -0.2) is 5.78 Å². The molecule has 0 amide bonds. The molecule has 0 bridgehead atoms. The minimum atomic E-state index is 0.314. The molecule has 0 aliphatic rings. The van der Waals surface area contributed by atoms with Crippen molar-refractivity contribution >= 4 is 5.78 Å². The Morgan fingerprint density at radius 3 is 2.50 bits per heavy atom. The lowest BCUT2D eigenvalue weighted by Gasteiger charge is -1.94. The van der Waals surface area contributed by atoms with Crippen LogP contribution in [0.25, 0.3) is 0 Å². The normalized spacial score (nSPS) is 8.60. The topological polar surface area (TPSA) is 17.1 Å². The predicted octanol–water partition coefficient (Wildman–Crippen LogP) is 2.48. The lowest BCUT2D eigenvalue weighted by Crippen LogP contribution is -1.93. The van der Waals surface area contributed by atoms with E-state index in [0.717, 1.165) is 12.0 Å². The van der Waals surface area contributed by atoms with E-state index >= 15 is 0 Å². The highest BCUT2D eigenvalue weighted by Gasteiger charge is 1.96. The Hall–Kier alpha value is -0.810. The molecule has 0 aromatic rings. The van der Waals surface area contributed by atoms with Crippen LogP contribution in [0.5, 0.6) is 0 Å². The van der Waals surface area contributed by atoms with E-state index in [4.69, 9.17) is 0 Å². The first-order valence-electron chi connectivity index (χ1n) is 3.58. The first-order chi connectivity index (χ1) is 4.70. The summed E-state index contributed by atoms with van der Waals surface area (Å²) in [6, 6.07) is 0. The summed E-state index contributed by atoms with van der Waals surface area (Å²) in [5.41, 5.74) is 3.83. The van der Waals surface area contributed by atoms with Crippen LogP contribution < -0.4 is 0 Å². The van der Waals surface area contributed by atoms with Gasteiger partial charge in [-0.25, -0.2) is 0 Å². The predicted molar refractivity (Wildman–Crippen MR) is 42.9 cm³/mol. The number of rotatable bonds is 4. The van der Waals surface area contributed by atoms with Gasteiger partial charge >= 0.3 is 0 Å². The van der Waals surface area contributed by atoms with E-state index in [1.54, 1.807) is 0 Å². The fourth-order valence-corrected chi connectivity index (χ4v) is 0.592. The molecule has 0 fully saturated rings. The summed E-state index contributed by atoms with van der Waals surface area (Å²) in [5, 5.41) is 0. The van der Waals surface area contributed by atoms with Crippen LogP contribution in [0.4, 0.5) is 0 Å². The van der Waals surface area contributed by atoms with E-state index in [9.17, 15) is 4.79 Å². The molecule has 0 heterocycles. The standard InChI is InChI=1S/C9H14O/c1-4-8(3)6-7-9(10)5-2/h1,5-7H2,2-3H3. The van der Waals surface area contributed by atoms with E-state index in [-0.39, 0.29) is 0 Å². The van der Waals surface area contributed by atoms with Crippen molar-refractivity contribution < 1.29 is 4.79 Å². The maximum absolute atomic E-state index is 10.8. The second-order valence-electron chi connectivity index (χ2n) is 2.35. The van der Waals surface area contributed by atoms with Gasteiger partial charge in [-0.1, -0.05) is 13.5 Å². The number of allylic oxidation sites excluding steroid dienone is 1. The van der Waals surface area contributed by atoms with Gasteiger partial charge in [0.05, 0.1) is 0 Å². The minimum Gasteiger partial charge on any atom is -0.300 e. The van der Waals surface area contributed by atoms with Gasteiger partial charge in [0.2, 0.25) is 0 Å². The van der Waals surface area contributed by atoms with Crippen molar-refractivity contribution in [3.63, 3.8) is 0 Å². The van der Waals surface area contributed by atoms with Crippen molar-refractivity contribution in [2.24, 2.45) is 0 Å². The van der Waals surface area contributed by atoms with Crippen LogP contribution in [0.2, 0.25) is 0 Å². The summed E-state index contributed by atoms with van der Waals surface area (Å²) in [4.78, 5) is 10.8. The van der Waals surface area contributed by atoms with Crippen LogP contribution in [0.15, 0.2) is 17.9 Å². The van der Waals surface area contributed by atoms with Crippen LogP contribution in [0, 0.1) is 0 Å². The number of hydrogen-bond donors (Lipinski definition) is 0. The van der Waals surface area contributed by atoms with Gasteiger partial charge < -0.3 is 0 Å². The van der Waals surface area contributed by atoms with Gasteiger partial charge in [-0.2, -0.15) is 0 Å². The monoisotopic (exact) mass is 138 g/mol. The van der Waals surface area contributed by atoms with Crippen molar-refractivity contribution in [3.05, 3.63) is 17.9 Å². The molecule has 0 saturated heterocycles. The van der Waals surface area contributed by atoms with Gasteiger partial charge in [0.1, 0.15) is 5.78 Å². The van der Waals surface area contributed by atoms with Crippen molar-refractivity contribution in [3.8, 4) is 0 Å². The first kappa shape index (κ1) is 9.19. The number of Topliss-reactive ketones (excluding diaryl/α,β-unsaturated/α-hetero) is 1. The molecule has 0 aromatic carbocycles. The van der Waals surface area contributed by atoms with E-state index in [1.165, 1.54) is 0 Å². The lowest BCUT2D eigenvalue weighted by atomic mass is 10.1. The van der Waals surface area contributed by atoms with Crippen LogP contribution in [0.3, 0.4) is 0 Å². The molecule has 0 aromatic heterocycles. The van der Waals surface area contributed by atoms with Gasteiger partial charge in [-0.15, -0.1) is 5.73 Å². The quantitative estimate of drug-likeness (QED) is 0.545. The lowest BCUT2D eigenvalue weighted by molar-refractivity contribution is -0.118. The summed E-state index contributed by atoms with van der Waals surface area (Å²) in [6.45, 7) is 7.32. The summed E-state index contributed by atoms with van der Waals surface area (Å²) in [6.07, 6.45) is 2.10. The molecule has 0 atom stereocenters. The SMILES string of the molecule is C=C=C(C)CCC(=O)CC. The molecule has 0 radical (unpaired) electrons. The summed E-state index contributed by atoms with van der Waals surface area (Å²) >= 11 is 0. The average molecular weight is 138 g/mol. The summed E-state index contributed by atoms with van der Waals surface area (Å²) < 4.78 is 0. The molecular weight excluding hydrogens is 124 g/mol. The first-order valence-corrected chi connectivity index (χ1v) is 3.58. The third kappa shape index (κ3) is 4.11. The number of hydrogen-bond acceptors (Lipinski definition) is 1. The maximum Gasteiger partial charge on any atom is 0.132 e. The molecule has 0 saturated carbocycles. The molecule has 0 aliphatic heterocycles. The number of ketones is 1. The van der Waals surface area contributed by atoms with Crippen molar-refractivity contribution in [1.82, 2.24) is 0 Å². The largest absolute Gasteiger partial charge is 0.300 e. The van der Waals surface area contributed by atoms with Gasteiger partial charge in [0.15, 0.2) is 0 Å². The highest BCUT2D eigenvalue weighted by Crippen LogP contribution is 2.02. The molecule has 0 unspecified atom stereocenters. The van der Waals surface area contributed by atoms with Crippen LogP contribution >= 0.6 is 0 Å². The van der Waals surface area contributed by atoms with Gasteiger partial charge in [-0.3, -0.25) is 4.79 Å². The molecule has 0 aliphatic carbocycles. The zero-order valence-electron chi connectivity index (χ0n) is 6.74. The summed E-state index contributed by atoms with van der Waals surface area (Å²) in [5.74, 6) is 0.314. The molecule has 10 heavy (non-hydrogen) atoms. The Morgan fingerprint density at radius 2 is 2.10 bits per heavy atom. The molecule has 0 rings (SSSR count). The van der Waals surface area contributed by atoms with E-state index in [2.05, 4.69) is 12.3 Å². The number of carbonyl (C=O) groups is 1. The molecule has 1 heteroatoms. The Labute approximate surface area is 62.4 Å². The zero-order valence-corrected chi connectivity index (χ0v) is 6.74. The third-order valence-electron chi connectivity index (χ3n) is 1.47. The van der Waals surface area contributed by atoms with Crippen molar-refractivity contribution in [1.29, 1.82) is 0 Å². The van der Waals surface area contributed by atoms with Crippen molar-refractivity contribution in [2.45, 2.75) is 33.1 Å². The van der Waals surface area contributed by atoms with E-state index in [0.29, 0.717) is 18.6 Å². The molecule has 56 valence electrons. The maximum atomic E-state index is 10.8. The third-order valence-corrected chi connectivity index (χ3v) is 1.47. The second kappa shape index (κ2) is 5.01. The van der Waals surface area contributed by atoms with Gasteiger partial charge in [0, 0.05) is 12.8 Å². The van der Waals surface area contributed by atoms with Gasteiger partial charge in [0.25, 0.3) is 0 Å². The Bertz CT molecular complexity index is 162. The molecule has 0 N–H and O–H groups in total. The minimum absolute atomic E-state index is 0.314. The average Bonchev–Trinajstić information content (AvgIpc) is 1.99. The van der Waals surface area contributed by atoms with Gasteiger partial charge in [-0.05, 0) is 18.9 Å². The highest BCUT2D eigenvalue weighted by atomic mass is 16.1. The highest BCUT2D eigenvalue weighted by molar-refractivity contribution is 5.78. The molecule has 1 nitrogen and oxygen atoms in total. The van der Waals surface area contributed by atoms with E-state index < -0.39 is 0 Å². The second-order valence-corrected chi connectivity index (χ2v) is 2.35. The Kier molecular flexibility index (Phi) is 4.61. The van der Waals surface area contributed by atoms with Crippen LogP contribution in [-0.2, 0) is 4.79 Å². The Morgan fingerprint density at radius 1 is 1.50 bits per heavy atom. The van der Waals surface area contributed by atoms with Crippen LogP contribution in [0.1, 0.15) is 33.1 Å². The smallest absolute Gasteiger partial charge is 0.132 e. The van der Waals surface area contributed by atoms with Crippen molar-refractivity contribution in [2.75, 3.05) is 0 Å². The molecule has 0 spiro atoms. The molecular formula is C9H14O. The summed E-state index contributed by atoms with van der Waals surface area (Å²) in [7, 11) is 0. The zero-order chi connectivity index (χ0) is 7.98. The van der Waals surface area contributed by atoms with E-state index in [1.807, 2.05) is 13.8 Å². The Balaban J connectivity index is 3.55. The fraction of sp³-hybridized carbons (Fsp3) is 0.556. The number of carbonyl (C=O) groups excluding carboxylic acids is 1.